The van der Waals surface area contributed by atoms with E-state index in [2.05, 4.69) is 15.4 Å². The Morgan fingerprint density at radius 3 is 2.85 bits per heavy atom. The third-order valence-corrected chi connectivity index (χ3v) is 6.25. The maximum Gasteiger partial charge on any atom is 0.269 e. The summed E-state index contributed by atoms with van der Waals surface area (Å²) in [5.41, 5.74) is 0.792. The van der Waals surface area contributed by atoms with Gasteiger partial charge in [0.05, 0.1) is 24.2 Å². The largest absolute Gasteiger partial charge is 0.354 e. The van der Waals surface area contributed by atoms with E-state index in [9.17, 15) is 19.7 Å². The van der Waals surface area contributed by atoms with E-state index >= 15 is 0 Å². The summed E-state index contributed by atoms with van der Waals surface area (Å²) in [7, 11) is 0. The molecule has 4 rings (SSSR count). The van der Waals surface area contributed by atoms with Gasteiger partial charge in [0.1, 0.15) is 11.7 Å². The highest BCUT2D eigenvalue weighted by Crippen LogP contribution is 2.27. The van der Waals surface area contributed by atoms with Crippen LogP contribution in [0.1, 0.15) is 50.5 Å². The van der Waals surface area contributed by atoms with Crippen LogP contribution in [0.15, 0.2) is 41.6 Å². The summed E-state index contributed by atoms with van der Waals surface area (Å²) in [5, 5.41) is 18.5. The predicted octanol–water partition coefficient (Wildman–Crippen LogP) is 3.03. The monoisotopic (exact) mass is 452 g/mol. The van der Waals surface area contributed by atoms with Crippen molar-refractivity contribution in [1.82, 2.24) is 24.6 Å². The second-order valence-corrected chi connectivity index (χ2v) is 8.60. The highest BCUT2D eigenvalue weighted by molar-refractivity contribution is 5.76. The Hall–Kier alpha value is -3.56. The van der Waals surface area contributed by atoms with Crippen molar-refractivity contribution in [3.8, 4) is 0 Å². The predicted molar refractivity (Wildman–Crippen MR) is 123 cm³/mol. The zero-order valence-corrected chi connectivity index (χ0v) is 18.5. The Kier molecular flexibility index (Phi) is 7.11. The van der Waals surface area contributed by atoms with Gasteiger partial charge in [-0.2, -0.15) is 5.10 Å². The molecule has 3 aromatic rings. The molecule has 1 saturated carbocycles. The van der Waals surface area contributed by atoms with Crippen LogP contribution in [-0.2, 0) is 17.9 Å². The molecule has 0 bridgehead atoms. The van der Waals surface area contributed by atoms with Gasteiger partial charge in [0.25, 0.3) is 11.2 Å². The van der Waals surface area contributed by atoms with E-state index in [0.29, 0.717) is 42.0 Å². The minimum atomic E-state index is -0.466. The Morgan fingerprint density at radius 2 is 2.06 bits per heavy atom. The molecule has 0 aliphatic heterocycles. The molecule has 1 aliphatic rings. The number of amides is 1. The van der Waals surface area contributed by atoms with Crippen LogP contribution in [0.25, 0.3) is 11.0 Å². The molecule has 0 radical (unpaired) electrons. The number of carbonyl (C=O) groups is 1. The molecule has 2 aromatic heterocycles. The van der Waals surface area contributed by atoms with Gasteiger partial charge in [0.15, 0.2) is 5.65 Å². The SMILES string of the molecule is O=C(CCC1CCCCC1)NCCn1ncc2c(=O)n(Cc3cccc([N+](=O)[O-])c3)cnc21. The summed E-state index contributed by atoms with van der Waals surface area (Å²) in [6.45, 7) is 1.00. The number of rotatable bonds is 9. The number of nitro groups is 1. The van der Waals surface area contributed by atoms with Gasteiger partial charge >= 0.3 is 0 Å². The molecule has 2 heterocycles. The number of benzene rings is 1. The molecule has 33 heavy (non-hydrogen) atoms. The normalized spacial score (nSPS) is 14.4. The Bertz CT molecular complexity index is 1200. The van der Waals surface area contributed by atoms with Crippen LogP contribution in [-0.4, -0.2) is 36.7 Å². The van der Waals surface area contributed by atoms with Gasteiger partial charge in [0, 0.05) is 25.1 Å². The zero-order valence-electron chi connectivity index (χ0n) is 18.5. The zero-order chi connectivity index (χ0) is 23.2. The molecule has 1 aromatic carbocycles. The van der Waals surface area contributed by atoms with Crippen molar-refractivity contribution in [2.75, 3.05) is 6.54 Å². The topological polar surface area (TPSA) is 125 Å². The molecule has 1 amide bonds. The van der Waals surface area contributed by atoms with Crippen molar-refractivity contribution in [1.29, 1.82) is 0 Å². The van der Waals surface area contributed by atoms with Gasteiger partial charge in [-0.15, -0.1) is 0 Å². The third-order valence-electron chi connectivity index (χ3n) is 6.25. The van der Waals surface area contributed by atoms with Crippen molar-refractivity contribution < 1.29 is 9.72 Å². The van der Waals surface area contributed by atoms with E-state index in [0.717, 1.165) is 6.42 Å². The smallest absolute Gasteiger partial charge is 0.269 e. The molecular weight excluding hydrogens is 424 g/mol. The number of nitro benzene ring substituents is 1. The third kappa shape index (κ3) is 5.63. The van der Waals surface area contributed by atoms with Crippen LogP contribution in [0.4, 0.5) is 5.69 Å². The van der Waals surface area contributed by atoms with Crippen LogP contribution < -0.4 is 10.9 Å². The molecule has 1 N–H and O–H groups in total. The fourth-order valence-electron chi connectivity index (χ4n) is 4.44. The summed E-state index contributed by atoms with van der Waals surface area (Å²) in [6.07, 6.45) is 10.7. The second-order valence-electron chi connectivity index (χ2n) is 8.60. The molecule has 1 fully saturated rings. The Balaban J connectivity index is 1.35. The first-order valence-electron chi connectivity index (χ1n) is 11.4. The van der Waals surface area contributed by atoms with Gasteiger partial charge < -0.3 is 5.32 Å². The summed E-state index contributed by atoms with van der Waals surface area (Å²) in [5.74, 6) is 0.720. The van der Waals surface area contributed by atoms with Crippen LogP contribution in [0.5, 0.6) is 0 Å². The number of fused-ring (bicyclic) bond motifs is 1. The Morgan fingerprint density at radius 1 is 1.24 bits per heavy atom. The van der Waals surface area contributed by atoms with Gasteiger partial charge in [-0.25, -0.2) is 9.67 Å². The van der Waals surface area contributed by atoms with Crippen molar-refractivity contribution in [3.05, 3.63) is 62.8 Å². The fourth-order valence-corrected chi connectivity index (χ4v) is 4.44. The molecular formula is C23H28N6O4. The first kappa shape index (κ1) is 22.6. The maximum absolute atomic E-state index is 12.8. The standard InChI is InChI=1S/C23H28N6O4/c30-21(10-9-17-5-2-1-3-6-17)24-11-12-28-22-20(14-26-28)23(31)27(16-25-22)15-18-7-4-8-19(13-18)29(32)33/h4,7-8,13-14,16-17H,1-3,5-6,9-12,15H2,(H,24,30). The average molecular weight is 453 g/mol. The number of non-ortho nitro benzene ring substituents is 1. The lowest BCUT2D eigenvalue weighted by Gasteiger charge is -2.20. The van der Waals surface area contributed by atoms with E-state index in [1.807, 2.05) is 0 Å². The minimum absolute atomic E-state index is 0.0248. The molecule has 174 valence electrons. The highest BCUT2D eigenvalue weighted by Gasteiger charge is 2.15. The second kappa shape index (κ2) is 10.4. The van der Waals surface area contributed by atoms with Crippen molar-refractivity contribution in [2.24, 2.45) is 5.92 Å². The number of nitrogens with zero attached hydrogens (tertiary/aromatic N) is 5. The van der Waals surface area contributed by atoms with Crippen molar-refractivity contribution >= 4 is 22.6 Å². The first-order valence-corrected chi connectivity index (χ1v) is 11.4. The van der Waals surface area contributed by atoms with E-state index in [1.165, 1.54) is 61.3 Å². The van der Waals surface area contributed by atoms with E-state index in [-0.39, 0.29) is 23.7 Å². The molecule has 1 aliphatic carbocycles. The number of aromatic nitrogens is 4. The quantitative estimate of drug-likeness (QED) is 0.393. The van der Waals surface area contributed by atoms with Crippen LogP contribution in [0.2, 0.25) is 0 Å². The van der Waals surface area contributed by atoms with Gasteiger partial charge in [-0.3, -0.25) is 24.3 Å². The summed E-state index contributed by atoms with van der Waals surface area (Å²) in [6, 6.07) is 6.17. The molecule has 0 spiro atoms. The van der Waals surface area contributed by atoms with Crippen LogP contribution in [0, 0.1) is 16.0 Å². The molecule has 0 unspecified atom stereocenters. The number of hydrogen-bond acceptors (Lipinski definition) is 6. The number of hydrogen-bond donors (Lipinski definition) is 1. The van der Waals surface area contributed by atoms with E-state index in [1.54, 1.807) is 16.8 Å². The van der Waals surface area contributed by atoms with E-state index in [4.69, 9.17) is 0 Å². The molecule has 0 saturated heterocycles. The lowest BCUT2D eigenvalue weighted by atomic mass is 9.86. The molecule has 10 heteroatoms. The Labute approximate surface area is 190 Å². The molecule has 0 atom stereocenters. The first-order chi connectivity index (χ1) is 16.0. The molecule has 10 nitrogen and oxygen atoms in total. The lowest BCUT2D eigenvalue weighted by molar-refractivity contribution is -0.384. The number of carbonyl (C=O) groups excluding carboxylic acids is 1. The maximum atomic E-state index is 12.8. The van der Waals surface area contributed by atoms with E-state index < -0.39 is 4.92 Å². The summed E-state index contributed by atoms with van der Waals surface area (Å²) >= 11 is 0. The van der Waals surface area contributed by atoms with Crippen molar-refractivity contribution in [2.45, 2.75) is 58.0 Å². The average Bonchev–Trinajstić information content (AvgIpc) is 3.24. The van der Waals surface area contributed by atoms with Gasteiger partial charge in [0.2, 0.25) is 5.91 Å². The van der Waals surface area contributed by atoms with Crippen LogP contribution in [0.3, 0.4) is 0 Å². The highest BCUT2D eigenvalue weighted by atomic mass is 16.6. The fraction of sp³-hybridized carbons (Fsp3) is 0.478. The summed E-state index contributed by atoms with van der Waals surface area (Å²) in [4.78, 5) is 39.9. The van der Waals surface area contributed by atoms with Crippen molar-refractivity contribution in [3.63, 3.8) is 0 Å². The van der Waals surface area contributed by atoms with Gasteiger partial charge in [-0.05, 0) is 17.9 Å². The van der Waals surface area contributed by atoms with Crippen LogP contribution >= 0.6 is 0 Å². The minimum Gasteiger partial charge on any atom is -0.354 e. The number of nitrogens with one attached hydrogen (secondary N) is 1. The summed E-state index contributed by atoms with van der Waals surface area (Å²) < 4.78 is 3.01. The van der Waals surface area contributed by atoms with Gasteiger partial charge in [-0.1, -0.05) is 44.2 Å². The lowest BCUT2D eigenvalue weighted by Crippen LogP contribution is -2.28.